The Labute approximate surface area is 144 Å². The number of nitrogens with one attached hydrogen (secondary N) is 2. The van der Waals surface area contributed by atoms with Gasteiger partial charge in [0.2, 0.25) is 11.8 Å². The van der Waals surface area contributed by atoms with Crippen LogP contribution in [-0.4, -0.2) is 57.1 Å². The first-order chi connectivity index (χ1) is 11.9. The number of aliphatic hydroxyl groups excluding tert-OH is 1. The highest BCUT2D eigenvalue weighted by Gasteiger charge is 2.26. The van der Waals surface area contributed by atoms with Crippen LogP contribution < -0.4 is 16.6 Å². The zero-order chi connectivity index (χ0) is 18.4. The molecule has 9 heteroatoms. The van der Waals surface area contributed by atoms with Gasteiger partial charge in [-0.3, -0.25) is 23.9 Å². The average Bonchev–Trinajstić information content (AvgIpc) is 2.86. The first-order valence-corrected chi connectivity index (χ1v) is 8.41. The van der Waals surface area contributed by atoms with Crippen LogP contribution >= 0.6 is 0 Å². The summed E-state index contributed by atoms with van der Waals surface area (Å²) < 4.78 is 1.05. The fourth-order valence-electron chi connectivity index (χ4n) is 2.83. The molecule has 25 heavy (non-hydrogen) atoms. The SMILES string of the molecule is Cc1cn(CC(=O)N[C@@H](CO)C(=O)N2CCCCCC2)c(=O)[nH]c1=O. The number of likely N-dealkylation sites (tertiary alicyclic amines) is 1. The van der Waals surface area contributed by atoms with Crippen molar-refractivity contribution < 1.29 is 14.7 Å². The van der Waals surface area contributed by atoms with Gasteiger partial charge in [0.15, 0.2) is 0 Å². The molecule has 1 aliphatic rings. The zero-order valence-corrected chi connectivity index (χ0v) is 14.3. The lowest BCUT2D eigenvalue weighted by Crippen LogP contribution is -2.51. The van der Waals surface area contributed by atoms with Gasteiger partial charge in [0.05, 0.1) is 6.61 Å². The van der Waals surface area contributed by atoms with Crippen molar-refractivity contribution in [1.29, 1.82) is 0 Å². The molecule has 0 unspecified atom stereocenters. The second-order valence-corrected chi connectivity index (χ2v) is 6.24. The molecule has 0 radical (unpaired) electrons. The first kappa shape index (κ1) is 18.9. The Hall–Kier alpha value is -2.42. The highest BCUT2D eigenvalue weighted by Crippen LogP contribution is 2.10. The number of aliphatic hydroxyl groups is 1. The van der Waals surface area contributed by atoms with Gasteiger partial charge in [0.25, 0.3) is 5.56 Å². The van der Waals surface area contributed by atoms with Gasteiger partial charge in [-0.1, -0.05) is 12.8 Å². The van der Waals surface area contributed by atoms with Gasteiger partial charge in [-0.15, -0.1) is 0 Å². The molecular weight excluding hydrogens is 328 g/mol. The quantitative estimate of drug-likeness (QED) is 0.609. The van der Waals surface area contributed by atoms with Crippen molar-refractivity contribution in [3.63, 3.8) is 0 Å². The van der Waals surface area contributed by atoms with Gasteiger partial charge < -0.3 is 15.3 Å². The van der Waals surface area contributed by atoms with Crippen LogP contribution in [0.25, 0.3) is 0 Å². The van der Waals surface area contributed by atoms with Crippen LogP contribution in [-0.2, 0) is 16.1 Å². The zero-order valence-electron chi connectivity index (χ0n) is 14.3. The van der Waals surface area contributed by atoms with Crippen molar-refractivity contribution in [2.45, 2.75) is 45.2 Å². The molecule has 2 amide bonds. The molecule has 0 saturated carbocycles. The lowest BCUT2D eigenvalue weighted by Gasteiger charge is -2.25. The molecule has 3 N–H and O–H groups in total. The number of H-pyrrole nitrogens is 1. The van der Waals surface area contributed by atoms with Crippen LogP contribution in [0.4, 0.5) is 0 Å². The van der Waals surface area contributed by atoms with Crippen molar-refractivity contribution >= 4 is 11.8 Å². The minimum atomic E-state index is -1.04. The molecule has 138 valence electrons. The maximum atomic E-state index is 12.5. The molecule has 1 aromatic rings. The fraction of sp³-hybridized carbons (Fsp3) is 0.625. The highest BCUT2D eigenvalue weighted by atomic mass is 16.3. The lowest BCUT2D eigenvalue weighted by atomic mass is 10.2. The number of aryl methyl sites for hydroxylation is 1. The molecule has 2 rings (SSSR count). The molecule has 1 fully saturated rings. The van der Waals surface area contributed by atoms with E-state index in [1.807, 2.05) is 0 Å². The number of carbonyl (C=O) groups is 2. The van der Waals surface area contributed by atoms with Crippen LogP contribution in [0, 0.1) is 6.92 Å². The third-order valence-electron chi connectivity index (χ3n) is 4.24. The Balaban J connectivity index is 2.02. The first-order valence-electron chi connectivity index (χ1n) is 8.41. The Kier molecular flexibility index (Phi) is 6.51. The highest BCUT2D eigenvalue weighted by molar-refractivity contribution is 5.87. The van der Waals surface area contributed by atoms with E-state index < -0.39 is 29.8 Å². The summed E-state index contributed by atoms with van der Waals surface area (Å²) in [5.41, 5.74) is -0.914. The molecule has 9 nitrogen and oxygen atoms in total. The second kappa shape index (κ2) is 8.61. The van der Waals surface area contributed by atoms with Crippen molar-refractivity contribution in [2.24, 2.45) is 0 Å². The Morgan fingerprint density at radius 1 is 1.24 bits per heavy atom. The van der Waals surface area contributed by atoms with Gasteiger partial charge >= 0.3 is 5.69 Å². The third kappa shape index (κ3) is 5.02. The largest absolute Gasteiger partial charge is 0.394 e. The summed E-state index contributed by atoms with van der Waals surface area (Å²) in [6, 6.07) is -1.04. The maximum absolute atomic E-state index is 12.5. The minimum absolute atomic E-state index is 0.298. The lowest BCUT2D eigenvalue weighted by molar-refractivity contribution is -0.137. The summed E-state index contributed by atoms with van der Waals surface area (Å²) in [4.78, 5) is 51.4. The van der Waals surface area contributed by atoms with E-state index in [1.54, 1.807) is 4.90 Å². The van der Waals surface area contributed by atoms with Gasteiger partial charge in [-0.05, 0) is 19.8 Å². The van der Waals surface area contributed by atoms with Crippen LogP contribution in [0.15, 0.2) is 15.8 Å². The predicted molar refractivity (Wildman–Crippen MR) is 90.1 cm³/mol. The molecule has 0 spiro atoms. The van der Waals surface area contributed by atoms with Gasteiger partial charge in [0.1, 0.15) is 12.6 Å². The van der Waals surface area contributed by atoms with E-state index in [0.29, 0.717) is 18.7 Å². The van der Waals surface area contributed by atoms with E-state index in [0.717, 1.165) is 30.3 Å². The number of hydrogen-bond acceptors (Lipinski definition) is 5. The molecule has 2 heterocycles. The van der Waals surface area contributed by atoms with E-state index in [4.69, 9.17) is 0 Å². The van der Waals surface area contributed by atoms with Crippen LogP contribution in [0.2, 0.25) is 0 Å². The second-order valence-electron chi connectivity index (χ2n) is 6.24. The van der Waals surface area contributed by atoms with Crippen LogP contribution in [0.3, 0.4) is 0 Å². The van der Waals surface area contributed by atoms with E-state index in [-0.39, 0.29) is 12.5 Å². The Bertz CT molecular complexity index is 731. The maximum Gasteiger partial charge on any atom is 0.328 e. The summed E-state index contributed by atoms with van der Waals surface area (Å²) in [5, 5.41) is 11.9. The molecular formula is C16H24N4O5. The number of aromatic amines is 1. The van der Waals surface area contributed by atoms with Crippen LogP contribution in [0.1, 0.15) is 31.2 Å². The van der Waals surface area contributed by atoms with Crippen molar-refractivity contribution in [2.75, 3.05) is 19.7 Å². The van der Waals surface area contributed by atoms with E-state index in [9.17, 15) is 24.3 Å². The van der Waals surface area contributed by atoms with Gasteiger partial charge in [0, 0.05) is 24.8 Å². The number of nitrogens with zero attached hydrogens (tertiary/aromatic N) is 2. The topological polar surface area (TPSA) is 124 Å². The number of carbonyl (C=O) groups excluding carboxylic acids is 2. The molecule has 1 atom stereocenters. The van der Waals surface area contributed by atoms with Crippen molar-refractivity contribution in [3.8, 4) is 0 Å². The average molecular weight is 352 g/mol. The standard InChI is InChI=1S/C16H24N4O5/c1-11-8-20(16(25)18-14(11)23)9-13(22)17-12(10-21)15(24)19-6-4-2-3-5-7-19/h8,12,21H,2-7,9-10H2,1H3,(H,17,22)(H,18,23,25)/t12-/m0/s1. The molecule has 0 aromatic carbocycles. The summed E-state index contributed by atoms with van der Waals surface area (Å²) in [6.45, 7) is 1.89. The van der Waals surface area contributed by atoms with Crippen molar-refractivity contribution in [1.82, 2.24) is 19.8 Å². The summed E-state index contributed by atoms with van der Waals surface area (Å²) in [6.07, 6.45) is 5.22. The Morgan fingerprint density at radius 2 is 1.88 bits per heavy atom. The van der Waals surface area contributed by atoms with E-state index in [1.165, 1.54) is 13.1 Å². The predicted octanol–water partition coefficient (Wildman–Crippen LogP) is -1.28. The van der Waals surface area contributed by atoms with E-state index >= 15 is 0 Å². The number of hydrogen-bond donors (Lipinski definition) is 3. The summed E-state index contributed by atoms with van der Waals surface area (Å²) in [7, 11) is 0. The monoisotopic (exact) mass is 352 g/mol. The van der Waals surface area contributed by atoms with Gasteiger partial charge in [-0.25, -0.2) is 4.79 Å². The smallest absolute Gasteiger partial charge is 0.328 e. The summed E-state index contributed by atoms with van der Waals surface area (Å²) >= 11 is 0. The fourth-order valence-corrected chi connectivity index (χ4v) is 2.83. The number of aromatic nitrogens is 2. The molecule has 1 saturated heterocycles. The molecule has 1 aliphatic heterocycles. The normalized spacial score (nSPS) is 16.2. The third-order valence-corrected chi connectivity index (χ3v) is 4.24. The minimum Gasteiger partial charge on any atom is -0.394 e. The van der Waals surface area contributed by atoms with Crippen molar-refractivity contribution in [3.05, 3.63) is 32.6 Å². The molecule has 1 aromatic heterocycles. The van der Waals surface area contributed by atoms with Crippen LogP contribution in [0.5, 0.6) is 0 Å². The molecule has 0 aliphatic carbocycles. The number of amides is 2. The number of rotatable bonds is 5. The van der Waals surface area contributed by atoms with E-state index in [2.05, 4.69) is 10.3 Å². The summed E-state index contributed by atoms with van der Waals surface area (Å²) in [5.74, 6) is -0.904. The van der Waals surface area contributed by atoms with Gasteiger partial charge in [-0.2, -0.15) is 0 Å². The molecule has 0 bridgehead atoms. The Morgan fingerprint density at radius 3 is 2.48 bits per heavy atom.